The topological polar surface area (TPSA) is 46.3 Å². The molecule has 2 N–H and O–H groups in total. The molecule has 1 aliphatic heterocycles. The second-order valence-electron chi connectivity index (χ2n) is 5.59. The van der Waals surface area contributed by atoms with Crippen LogP contribution in [0, 0.1) is 0 Å². The summed E-state index contributed by atoms with van der Waals surface area (Å²) < 4.78 is 0. The number of aryl methyl sites for hydroxylation is 1. The van der Waals surface area contributed by atoms with Crippen LogP contribution >= 0.6 is 12.4 Å². The third kappa shape index (κ3) is 4.22. The molecular weight excluding hydrogens is 272 g/mol. The SMILES string of the molecule is CCc1ccc(C(C)CC(=O)N2CC[C@@H](N)C2)cc1.Cl. The minimum atomic E-state index is 0. The number of rotatable bonds is 4. The van der Waals surface area contributed by atoms with Gasteiger partial charge in [0.1, 0.15) is 0 Å². The second kappa shape index (κ2) is 7.65. The molecule has 2 rings (SSSR count). The molecule has 3 nitrogen and oxygen atoms in total. The average Bonchev–Trinajstić information content (AvgIpc) is 2.85. The van der Waals surface area contributed by atoms with Gasteiger partial charge in [-0.15, -0.1) is 12.4 Å². The second-order valence-corrected chi connectivity index (χ2v) is 5.59. The van der Waals surface area contributed by atoms with E-state index in [0.29, 0.717) is 6.42 Å². The van der Waals surface area contributed by atoms with Gasteiger partial charge in [-0.1, -0.05) is 38.1 Å². The molecule has 20 heavy (non-hydrogen) atoms. The first kappa shape index (κ1) is 17.0. The molecule has 1 amide bonds. The van der Waals surface area contributed by atoms with E-state index in [0.717, 1.165) is 25.9 Å². The molecule has 0 radical (unpaired) electrons. The third-order valence-corrected chi connectivity index (χ3v) is 4.02. The molecule has 0 aromatic heterocycles. The smallest absolute Gasteiger partial charge is 0.223 e. The minimum Gasteiger partial charge on any atom is -0.341 e. The highest BCUT2D eigenvalue weighted by Gasteiger charge is 2.24. The van der Waals surface area contributed by atoms with Crippen molar-refractivity contribution < 1.29 is 4.79 Å². The van der Waals surface area contributed by atoms with E-state index < -0.39 is 0 Å². The molecule has 1 unspecified atom stereocenters. The fourth-order valence-corrected chi connectivity index (χ4v) is 2.60. The number of nitrogens with two attached hydrogens (primary N) is 1. The number of nitrogens with zero attached hydrogens (tertiary/aromatic N) is 1. The predicted octanol–water partition coefficient (Wildman–Crippen LogP) is 2.72. The van der Waals surface area contributed by atoms with Crippen molar-refractivity contribution in [2.75, 3.05) is 13.1 Å². The first-order valence-electron chi connectivity index (χ1n) is 7.22. The highest BCUT2D eigenvalue weighted by molar-refractivity contribution is 5.85. The summed E-state index contributed by atoms with van der Waals surface area (Å²) in [6.07, 6.45) is 2.57. The first-order valence-corrected chi connectivity index (χ1v) is 7.22. The molecule has 0 aliphatic carbocycles. The monoisotopic (exact) mass is 296 g/mol. The predicted molar refractivity (Wildman–Crippen MR) is 85.3 cm³/mol. The van der Waals surface area contributed by atoms with Gasteiger partial charge in [0, 0.05) is 25.6 Å². The van der Waals surface area contributed by atoms with Crippen LogP contribution in [0.2, 0.25) is 0 Å². The van der Waals surface area contributed by atoms with E-state index in [1.165, 1.54) is 11.1 Å². The third-order valence-electron chi connectivity index (χ3n) is 4.02. The molecule has 1 aromatic rings. The zero-order valence-electron chi connectivity index (χ0n) is 12.3. The van der Waals surface area contributed by atoms with Crippen LogP contribution in [0.25, 0.3) is 0 Å². The maximum atomic E-state index is 12.2. The van der Waals surface area contributed by atoms with E-state index in [-0.39, 0.29) is 30.3 Å². The lowest BCUT2D eigenvalue weighted by molar-refractivity contribution is -0.130. The van der Waals surface area contributed by atoms with Crippen LogP contribution < -0.4 is 5.73 Å². The van der Waals surface area contributed by atoms with Gasteiger partial charge in [0.15, 0.2) is 0 Å². The Morgan fingerprint density at radius 3 is 2.55 bits per heavy atom. The van der Waals surface area contributed by atoms with Crippen LogP contribution in [0.4, 0.5) is 0 Å². The summed E-state index contributed by atoms with van der Waals surface area (Å²) >= 11 is 0. The normalized spacial score (nSPS) is 19.6. The molecule has 0 saturated carbocycles. The molecule has 1 fully saturated rings. The summed E-state index contributed by atoms with van der Waals surface area (Å²) in [4.78, 5) is 14.1. The van der Waals surface area contributed by atoms with Crippen LogP contribution in [-0.2, 0) is 11.2 Å². The summed E-state index contributed by atoms with van der Waals surface area (Å²) in [6.45, 7) is 5.81. The zero-order valence-corrected chi connectivity index (χ0v) is 13.2. The standard InChI is InChI=1S/C16H24N2O.ClH/c1-3-13-4-6-14(7-5-13)12(2)10-16(19)18-9-8-15(17)11-18;/h4-7,12,15H,3,8-11,17H2,1-2H3;1H/t12?,15-;/m1./s1. The number of benzene rings is 1. The fourth-order valence-electron chi connectivity index (χ4n) is 2.60. The van der Waals surface area contributed by atoms with Crippen molar-refractivity contribution in [2.45, 2.75) is 45.1 Å². The number of likely N-dealkylation sites (tertiary alicyclic amines) is 1. The molecular formula is C16H25ClN2O. The van der Waals surface area contributed by atoms with Gasteiger partial charge in [0.25, 0.3) is 0 Å². The Balaban J connectivity index is 0.00000200. The number of halogens is 1. The van der Waals surface area contributed by atoms with Crippen LogP contribution in [0.1, 0.15) is 43.7 Å². The number of carbonyl (C=O) groups is 1. The quantitative estimate of drug-likeness (QED) is 0.928. The molecule has 1 saturated heterocycles. The fraction of sp³-hybridized carbons (Fsp3) is 0.562. The summed E-state index contributed by atoms with van der Waals surface area (Å²) in [5, 5.41) is 0. The van der Waals surface area contributed by atoms with Gasteiger partial charge >= 0.3 is 0 Å². The van der Waals surface area contributed by atoms with Gasteiger partial charge in [0.05, 0.1) is 0 Å². The molecule has 112 valence electrons. The lowest BCUT2D eigenvalue weighted by atomic mass is 9.96. The van der Waals surface area contributed by atoms with E-state index in [1.54, 1.807) is 0 Å². The van der Waals surface area contributed by atoms with Crippen molar-refractivity contribution >= 4 is 18.3 Å². The Hall–Kier alpha value is -1.06. The van der Waals surface area contributed by atoms with Gasteiger partial charge in [-0.3, -0.25) is 4.79 Å². The molecule has 0 spiro atoms. The van der Waals surface area contributed by atoms with Crippen molar-refractivity contribution in [2.24, 2.45) is 5.73 Å². The molecule has 1 heterocycles. The molecule has 4 heteroatoms. The van der Waals surface area contributed by atoms with Crippen LogP contribution in [0.5, 0.6) is 0 Å². The maximum Gasteiger partial charge on any atom is 0.223 e. The number of hydrogen-bond donors (Lipinski definition) is 1. The largest absolute Gasteiger partial charge is 0.341 e. The Labute approximate surface area is 127 Å². The van der Waals surface area contributed by atoms with Crippen molar-refractivity contribution in [3.8, 4) is 0 Å². The molecule has 2 atom stereocenters. The Morgan fingerprint density at radius 1 is 1.40 bits per heavy atom. The van der Waals surface area contributed by atoms with Gasteiger partial charge in [-0.05, 0) is 29.9 Å². The van der Waals surface area contributed by atoms with Crippen molar-refractivity contribution in [3.05, 3.63) is 35.4 Å². The van der Waals surface area contributed by atoms with Gasteiger partial charge < -0.3 is 10.6 Å². The highest BCUT2D eigenvalue weighted by Crippen LogP contribution is 2.22. The lowest BCUT2D eigenvalue weighted by Gasteiger charge is -2.19. The van der Waals surface area contributed by atoms with Crippen molar-refractivity contribution in [1.82, 2.24) is 4.90 Å². The van der Waals surface area contributed by atoms with E-state index in [4.69, 9.17) is 5.73 Å². The van der Waals surface area contributed by atoms with Gasteiger partial charge in [0.2, 0.25) is 5.91 Å². The summed E-state index contributed by atoms with van der Waals surface area (Å²) in [6, 6.07) is 8.77. The van der Waals surface area contributed by atoms with Crippen molar-refractivity contribution in [1.29, 1.82) is 0 Å². The van der Waals surface area contributed by atoms with E-state index in [9.17, 15) is 4.79 Å². The lowest BCUT2D eigenvalue weighted by Crippen LogP contribution is -2.32. The van der Waals surface area contributed by atoms with Crippen LogP contribution in [-0.4, -0.2) is 29.9 Å². The molecule has 1 aromatic carbocycles. The first-order chi connectivity index (χ1) is 9.10. The summed E-state index contributed by atoms with van der Waals surface area (Å²) in [7, 11) is 0. The maximum absolute atomic E-state index is 12.2. The zero-order chi connectivity index (χ0) is 13.8. The summed E-state index contributed by atoms with van der Waals surface area (Å²) in [5.41, 5.74) is 8.43. The minimum absolute atomic E-state index is 0. The number of amides is 1. The van der Waals surface area contributed by atoms with Crippen LogP contribution in [0.3, 0.4) is 0 Å². The number of carbonyl (C=O) groups excluding carboxylic acids is 1. The van der Waals surface area contributed by atoms with E-state index in [2.05, 4.69) is 38.1 Å². The van der Waals surface area contributed by atoms with E-state index in [1.807, 2.05) is 4.90 Å². The Kier molecular flexibility index (Phi) is 6.50. The summed E-state index contributed by atoms with van der Waals surface area (Å²) in [5.74, 6) is 0.509. The Morgan fingerprint density at radius 2 is 2.05 bits per heavy atom. The Bertz CT molecular complexity index is 433. The molecule has 0 bridgehead atoms. The number of hydrogen-bond acceptors (Lipinski definition) is 2. The van der Waals surface area contributed by atoms with E-state index >= 15 is 0 Å². The highest BCUT2D eigenvalue weighted by atomic mass is 35.5. The van der Waals surface area contributed by atoms with Gasteiger partial charge in [-0.25, -0.2) is 0 Å². The van der Waals surface area contributed by atoms with Crippen molar-refractivity contribution in [3.63, 3.8) is 0 Å². The van der Waals surface area contributed by atoms with Crippen LogP contribution in [0.15, 0.2) is 24.3 Å². The average molecular weight is 297 g/mol. The van der Waals surface area contributed by atoms with Gasteiger partial charge in [-0.2, -0.15) is 0 Å². The molecule has 1 aliphatic rings.